The first-order valence-corrected chi connectivity index (χ1v) is 7.28. The number of hydrogen-bond acceptors (Lipinski definition) is 3. The van der Waals surface area contributed by atoms with E-state index >= 15 is 0 Å². The summed E-state index contributed by atoms with van der Waals surface area (Å²) in [4.78, 5) is 13.8. The molecule has 2 heterocycles. The van der Waals surface area contributed by atoms with Crippen LogP contribution in [0.5, 0.6) is 0 Å². The number of carbonyl (C=O) groups excluding carboxylic acids is 1. The van der Waals surface area contributed by atoms with E-state index in [1.165, 1.54) is 28.5 Å². The molecule has 1 aromatic rings. The minimum Gasteiger partial charge on any atom is -0.295 e. The van der Waals surface area contributed by atoms with E-state index in [2.05, 4.69) is 36.1 Å². The van der Waals surface area contributed by atoms with Crippen molar-refractivity contribution < 1.29 is 4.79 Å². The predicted octanol–water partition coefficient (Wildman–Crippen LogP) is 2.77. The second-order valence-electron chi connectivity index (χ2n) is 5.07. The van der Waals surface area contributed by atoms with Crippen LogP contribution in [0.4, 0.5) is 0 Å². The van der Waals surface area contributed by atoms with Crippen LogP contribution < -0.4 is 0 Å². The fourth-order valence-electron chi connectivity index (χ4n) is 2.69. The van der Waals surface area contributed by atoms with Gasteiger partial charge in [-0.15, -0.1) is 0 Å². The molecule has 0 saturated carbocycles. The van der Waals surface area contributed by atoms with E-state index in [9.17, 15) is 4.79 Å². The number of benzene rings is 1. The first kappa shape index (κ1) is 12.0. The molecule has 0 aromatic heterocycles. The molecule has 0 bridgehead atoms. The summed E-state index contributed by atoms with van der Waals surface area (Å²) in [5.74, 6) is 0. The molecule has 3 heteroatoms. The maximum atomic E-state index is 11.4. The maximum Gasteiger partial charge on any atom is 0.212 e. The molecule has 18 heavy (non-hydrogen) atoms. The number of rotatable bonds is 2. The third kappa shape index (κ3) is 2.38. The van der Waals surface area contributed by atoms with Gasteiger partial charge in [-0.1, -0.05) is 36.0 Å². The Kier molecular flexibility index (Phi) is 3.27. The highest BCUT2D eigenvalue weighted by Gasteiger charge is 2.30. The number of aryl methyl sites for hydroxylation is 1. The Morgan fingerprint density at radius 1 is 1.39 bits per heavy atom. The van der Waals surface area contributed by atoms with Crippen molar-refractivity contribution in [2.75, 3.05) is 13.1 Å². The Labute approximate surface area is 112 Å². The van der Waals surface area contributed by atoms with Gasteiger partial charge in [0.1, 0.15) is 0 Å². The summed E-state index contributed by atoms with van der Waals surface area (Å²) in [7, 11) is 0. The van der Waals surface area contributed by atoms with Gasteiger partial charge in [-0.05, 0) is 36.1 Å². The van der Waals surface area contributed by atoms with Crippen molar-refractivity contribution in [3.05, 3.63) is 47.0 Å². The van der Waals surface area contributed by atoms with Gasteiger partial charge < -0.3 is 0 Å². The molecule has 1 unspecified atom stereocenters. The molecule has 0 aliphatic carbocycles. The maximum absolute atomic E-state index is 11.4. The zero-order chi connectivity index (χ0) is 12.5. The summed E-state index contributed by atoms with van der Waals surface area (Å²) in [6.07, 6.45) is 2.95. The monoisotopic (exact) mass is 259 g/mol. The van der Waals surface area contributed by atoms with Crippen LogP contribution in [-0.2, 0) is 11.3 Å². The van der Waals surface area contributed by atoms with Crippen molar-refractivity contribution in [2.45, 2.75) is 25.1 Å². The highest BCUT2D eigenvalue weighted by Crippen LogP contribution is 2.34. The lowest BCUT2D eigenvalue weighted by molar-refractivity contribution is -0.106. The van der Waals surface area contributed by atoms with Crippen molar-refractivity contribution in [1.82, 2.24) is 4.90 Å². The molecule has 0 amide bonds. The van der Waals surface area contributed by atoms with E-state index in [1.807, 2.05) is 6.08 Å². The minimum atomic E-state index is 0.243. The van der Waals surface area contributed by atoms with E-state index in [0.29, 0.717) is 5.25 Å². The molecule has 1 atom stereocenters. The Bertz CT molecular complexity index is 509. The van der Waals surface area contributed by atoms with Gasteiger partial charge in [0.05, 0.1) is 0 Å². The van der Waals surface area contributed by atoms with Crippen LogP contribution in [0, 0.1) is 6.92 Å². The van der Waals surface area contributed by atoms with Gasteiger partial charge in [0.25, 0.3) is 0 Å². The second-order valence-corrected chi connectivity index (χ2v) is 6.28. The molecule has 3 rings (SSSR count). The standard InChI is InChI=1S/C15H17NOS/c1-11-4-2-3-5-12(11)9-16-7-6-14-13(10-16)8-15(17)18-14/h2-5,8,14H,6-7,9-10H2,1H3. The SMILES string of the molecule is Cc1ccccc1CN1CCC2SC(=O)C=C2C1. The van der Waals surface area contributed by atoms with Crippen LogP contribution in [0.15, 0.2) is 35.9 Å². The number of fused-ring (bicyclic) bond motifs is 1. The smallest absolute Gasteiger partial charge is 0.212 e. The summed E-state index contributed by atoms with van der Waals surface area (Å²) < 4.78 is 0. The summed E-state index contributed by atoms with van der Waals surface area (Å²) in [6.45, 7) is 5.21. The minimum absolute atomic E-state index is 0.243. The summed E-state index contributed by atoms with van der Waals surface area (Å²) in [5.41, 5.74) is 4.07. The van der Waals surface area contributed by atoms with Crippen molar-refractivity contribution in [1.29, 1.82) is 0 Å². The van der Waals surface area contributed by atoms with Crippen LogP contribution in [0.2, 0.25) is 0 Å². The largest absolute Gasteiger partial charge is 0.295 e. The number of thioether (sulfide) groups is 1. The summed E-state index contributed by atoms with van der Waals surface area (Å²) in [6, 6.07) is 8.55. The molecule has 0 radical (unpaired) electrons. The van der Waals surface area contributed by atoms with Gasteiger partial charge in [0, 0.05) is 24.9 Å². The first-order chi connectivity index (χ1) is 8.72. The molecular weight excluding hydrogens is 242 g/mol. The fourth-order valence-corrected chi connectivity index (χ4v) is 3.70. The van der Waals surface area contributed by atoms with Gasteiger partial charge in [0.2, 0.25) is 5.12 Å². The molecular formula is C15H17NOS. The third-order valence-electron chi connectivity index (χ3n) is 3.74. The van der Waals surface area contributed by atoms with Crippen molar-refractivity contribution in [3.8, 4) is 0 Å². The fraction of sp³-hybridized carbons (Fsp3) is 0.400. The molecule has 2 aliphatic heterocycles. The van der Waals surface area contributed by atoms with E-state index in [4.69, 9.17) is 0 Å². The quantitative estimate of drug-likeness (QED) is 0.814. The number of nitrogens with zero attached hydrogens (tertiary/aromatic N) is 1. The van der Waals surface area contributed by atoms with E-state index < -0.39 is 0 Å². The van der Waals surface area contributed by atoms with Crippen molar-refractivity contribution >= 4 is 16.9 Å². The molecule has 0 spiro atoms. The summed E-state index contributed by atoms with van der Waals surface area (Å²) in [5, 5.41) is 0.707. The average molecular weight is 259 g/mol. The van der Waals surface area contributed by atoms with Crippen LogP contribution in [-0.4, -0.2) is 28.4 Å². The Hall–Kier alpha value is -1.06. The normalized spacial score (nSPS) is 23.9. The van der Waals surface area contributed by atoms with Gasteiger partial charge in [-0.25, -0.2) is 0 Å². The summed E-state index contributed by atoms with van der Waals surface area (Å²) >= 11 is 1.50. The number of carbonyl (C=O) groups is 1. The van der Waals surface area contributed by atoms with Gasteiger partial charge >= 0.3 is 0 Å². The average Bonchev–Trinajstić information content (AvgIpc) is 2.71. The number of piperidine rings is 1. The first-order valence-electron chi connectivity index (χ1n) is 6.40. The van der Waals surface area contributed by atoms with Crippen LogP contribution >= 0.6 is 11.8 Å². The van der Waals surface area contributed by atoms with E-state index in [0.717, 1.165) is 26.1 Å². The van der Waals surface area contributed by atoms with E-state index in [1.54, 1.807) is 0 Å². The molecule has 1 fully saturated rings. The Morgan fingerprint density at radius 2 is 2.22 bits per heavy atom. The van der Waals surface area contributed by atoms with Gasteiger partial charge in [-0.3, -0.25) is 9.69 Å². The highest BCUT2D eigenvalue weighted by atomic mass is 32.2. The number of hydrogen-bond donors (Lipinski definition) is 0. The van der Waals surface area contributed by atoms with Crippen LogP contribution in [0.3, 0.4) is 0 Å². The third-order valence-corrected chi connectivity index (χ3v) is 4.92. The Morgan fingerprint density at radius 3 is 3.06 bits per heavy atom. The molecule has 0 N–H and O–H groups in total. The zero-order valence-corrected chi connectivity index (χ0v) is 11.4. The lowest BCUT2D eigenvalue weighted by Crippen LogP contribution is -2.35. The van der Waals surface area contributed by atoms with Crippen molar-refractivity contribution in [3.63, 3.8) is 0 Å². The van der Waals surface area contributed by atoms with E-state index in [-0.39, 0.29) is 5.12 Å². The second kappa shape index (κ2) is 4.90. The molecule has 1 aromatic carbocycles. The molecule has 1 saturated heterocycles. The lowest BCUT2D eigenvalue weighted by atomic mass is 10.0. The van der Waals surface area contributed by atoms with Crippen molar-refractivity contribution in [2.24, 2.45) is 0 Å². The topological polar surface area (TPSA) is 20.3 Å². The molecule has 94 valence electrons. The number of likely N-dealkylation sites (tertiary alicyclic amines) is 1. The van der Waals surface area contributed by atoms with Crippen LogP contribution in [0.1, 0.15) is 17.5 Å². The predicted molar refractivity (Wildman–Crippen MR) is 75.5 cm³/mol. The molecule has 2 nitrogen and oxygen atoms in total. The highest BCUT2D eigenvalue weighted by molar-refractivity contribution is 8.15. The van der Waals surface area contributed by atoms with Gasteiger partial charge in [0.15, 0.2) is 0 Å². The van der Waals surface area contributed by atoms with Gasteiger partial charge in [-0.2, -0.15) is 0 Å². The molecule has 2 aliphatic rings. The lowest BCUT2D eigenvalue weighted by Gasteiger charge is -2.31. The Balaban J connectivity index is 1.70. The van der Waals surface area contributed by atoms with Crippen LogP contribution in [0.25, 0.3) is 0 Å². The zero-order valence-electron chi connectivity index (χ0n) is 10.6.